The lowest BCUT2D eigenvalue weighted by atomic mass is 10.1. The fourth-order valence-corrected chi connectivity index (χ4v) is 2.44. The van der Waals surface area contributed by atoms with Crippen LogP contribution < -0.4 is 14.8 Å². The van der Waals surface area contributed by atoms with Gasteiger partial charge in [0.15, 0.2) is 11.5 Å². The Balaban J connectivity index is 1.68. The molecule has 0 atom stereocenters. The summed E-state index contributed by atoms with van der Waals surface area (Å²) in [7, 11) is 0. The van der Waals surface area contributed by atoms with Crippen molar-refractivity contribution in [1.29, 1.82) is 0 Å². The minimum absolute atomic E-state index is 0.0699. The van der Waals surface area contributed by atoms with Crippen LogP contribution in [0, 0.1) is 13.8 Å². The summed E-state index contributed by atoms with van der Waals surface area (Å²) in [5.41, 5.74) is 3.84. The first-order chi connectivity index (χ1) is 10.1. The van der Waals surface area contributed by atoms with Gasteiger partial charge < -0.3 is 14.8 Å². The normalized spacial score (nSPS) is 12.3. The molecular formula is C17H17NO3. The van der Waals surface area contributed by atoms with Crippen LogP contribution in [-0.4, -0.2) is 12.7 Å². The molecule has 0 saturated heterocycles. The molecule has 1 amide bonds. The Bertz CT molecular complexity index is 674. The Morgan fingerprint density at radius 3 is 2.52 bits per heavy atom. The van der Waals surface area contributed by atoms with Gasteiger partial charge in [-0.3, -0.25) is 4.79 Å². The quantitative estimate of drug-likeness (QED) is 0.942. The molecule has 0 radical (unpaired) electrons. The van der Waals surface area contributed by atoms with E-state index in [4.69, 9.17) is 9.47 Å². The van der Waals surface area contributed by atoms with E-state index in [-0.39, 0.29) is 12.7 Å². The Labute approximate surface area is 123 Å². The van der Waals surface area contributed by atoms with E-state index in [0.29, 0.717) is 12.1 Å². The lowest BCUT2D eigenvalue weighted by Gasteiger charge is -2.08. The summed E-state index contributed by atoms with van der Waals surface area (Å²) in [5, 5.41) is 2.93. The van der Waals surface area contributed by atoms with E-state index < -0.39 is 0 Å². The molecule has 0 aliphatic carbocycles. The van der Waals surface area contributed by atoms with E-state index in [1.807, 2.05) is 44.2 Å². The molecule has 108 valence electrons. The minimum Gasteiger partial charge on any atom is -0.454 e. The second-order valence-corrected chi connectivity index (χ2v) is 5.25. The third-order valence-corrected chi connectivity index (χ3v) is 3.37. The summed E-state index contributed by atoms with van der Waals surface area (Å²) in [6.07, 6.45) is 0. The number of ether oxygens (including phenoxy) is 2. The van der Waals surface area contributed by atoms with Gasteiger partial charge in [0.2, 0.25) is 6.79 Å². The standard InChI is InChI=1S/C17H17NO3/c1-11-5-12(2)7-14(6-11)17(19)18-9-13-3-4-15-16(8-13)21-10-20-15/h3-8H,9-10H2,1-2H3,(H,18,19). The van der Waals surface area contributed by atoms with Gasteiger partial charge >= 0.3 is 0 Å². The smallest absolute Gasteiger partial charge is 0.251 e. The molecule has 1 heterocycles. The van der Waals surface area contributed by atoms with Crippen LogP contribution in [0.4, 0.5) is 0 Å². The van der Waals surface area contributed by atoms with Crippen LogP contribution in [0.15, 0.2) is 36.4 Å². The highest BCUT2D eigenvalue weighted by Crippen LogP contribution is 2.32. The molecule has 0 spiro atoms. The maximum atomic E-state index is 12.2. The molecule has 21 heavy (non-hydrogen) atoms. The van der Waals surface area contributed by atoms with Crippen molar-refractivity contribution in [1.82, 2.24) is 5.32 Å². The van der Waals surface area contributed by atoms with Crippen molar-refractivity contribution in [3.63, 3.8) is 0 Å². The highest BCUT2D eigenvalue weighted by Gasteiger charge is 2.13. The van der Waals surface area contributed by atoms with E-state index in [2.05, 4.69) is 11.4 Å². The van der Waals surface area contributed by atoms with Crippen LogP contribution in [0.2, 0.25) is 0 Å². The van der Waals surface area contributed by atoms with Gasteiger partial charge in [0.1, 0.15) is 0 Å². The highest BCUT2D eigenvalue weighted by molar-refractivity contribution is 5.94. The van der Waals surface area contributed by atoms with Gasteiger partial charge in [-0.1, -0.05) is 23.3 Å². The Morgan fingerprint density at radius 2 is 1.76 bits per heavy atom. The van der Waals surface area contributed by atoms with Crippen molar-refractivity contribution in [3.05, 3.63) is 58.7 Å². The van der Waals surface area contributed by atoms with Crippen LogP contribution in [0.3, 0.4) is 0 Å². The van der Waals surface area contributed by atoms with Gasteiger partial charge in [0.25, 0.3) is 5.91 Å². The van der Waals surface area contributed by atoms with Gasteiger partial charge in [-0.2, -0.15) is 0 Å². The zero-order valence-electron chi connectivity index (χ0n) is 12.1. The van der Waals surface area contributed by atoms with Crippen molar-refractivity contribution in [2.24, 2.45) is 0 Å². The Kier molecular flexibility index (Phi) is 3.52. The van der Waals surface area contributed by atoms with Crippen molar-refractivity contribution in [2.45, 2.75) is 20.4 Å². The molecule has 1 N–H and O–H groups in total. The third-order valence-electron chi connectivity index (χ3n) is 3.37. The average molecular weight is 283 g/mol. The van der Waals surface area contributed by atoms with E-state index >= 15 is 0 Å². The van der Waals surface area contributed by atoms with Gasteiger partial charge in [0.05, 0.1) is 0 Å². The topological polar surface area (TPSA) is 47.6 Å². The summed E-state index contributed by atoms with van der Waals surface area (Å²) in [4.78, 5) is 12.2. The number of hydrogen-bond donors (Lipinski definition) is 1. The number of fused-ring (bicyclic) bond motifs is 1. The SMILES string of the molecule is Cc1cc(C)cc(C(=O)NCc2ccc3c(c2)OCO3)c1. The number of rotatable bonds is 3. The maximum absolute atomic E-state index is 12.2. The lowest BCUT2D eigenvalue weighted by molar-refractivity contribution is 0.0950. The fourth-order valence-electron chi connectivity index (χ4n) is 2.44. The number of benzene rings is 2. The van der Waals surface area contributed by atoms with Gasteiger partial charge in [-0.15, -0.1) is 0 Å². The second kappa shape index (κ2) is 5.48. The average Bonchev–Trinajstić information content (AvgIpc) is 2.91. The van der Waals surface area contributed by atoms with Crippen LogP contribution in [-0.2, 0) is 6.54 Å². The van der Waals surface area contributed by atoms with Crippen LogP contribution >= 0.6 is 0 Å². The van der Waals surface area contributed by atoms with Crippen LogP contribution in [0.25, 0.3) is 0 Å². The van der Waals surface area contributed by atoms with Gasteiger partial charge in [-0.25, -0.2) is 0 Å². The zero-order valence-corrected chi connectivity index (χ0v) is 12.1. The van der Waals surface area contributed by atoms with Crippen molar-refractivity contribution in [3.8, 4) is 11.5 Å². The molecule has 4 nitrogen and oxygen atoms in total. The number of amides is 1. The molecule has 0 saturated carbocycles. The predicted octanol–water partition coefficient (Wildman–Crippen LogP) is 2.96. The van der Waals surface area contributed by atoms with Crippen molar-refractivity contribution >= 4 is 5.91 Å². The number of carbonyl (C=O) groups excluding carboxylic acids is 1. The molecule has 0 fully saturated rings. The molecule has 0 aromatic heterocycles. The third kappa shape index (κ3) is 2.99. The first-order valence-corrected chi connectivity index (χ1v) is 6.87. The minimum atomic E-state index is -0.0699. The van der Waals surface area contributed by atoms with Crippen LogP contribution in [0.1, 0.15) is 27.0 Å². The molecular weight excluding hydrogens is 266 g/mol. The second-order valence-electron chi connectivity index (χ2n) is 5.25. The number of carbonyl (C=O) groups is 1. The van der Waals surface area contributed by atoms with E-state index in [1.54, 1.807) is 0 Å². The molecule has 0 bridgehead atoms. The largest absolute Gasteiger partial charge is 0.454 e. The number of nitrogens with one attached hydrogen (secondary N) is 1. The number of hydrogen-bond acceptors (Lipinski definition) is 3. The van der Waals surface area contributed by atoms with Gasteiger partial charge in [-0.05, 0) is 43.7 Å². The maximum Gasteiger partial charge on any atom is 0.251 e. The monoisotopic (exact) mass is 283 g/mol. The molecule has 0 unspecified atom stereocenters. The fraction of sp³-hybridized carbons (Fsp3) is 0.235. The molecule has 4 heteroatoms. The summed E-state index contributed by atoms with van der Waals surface area (Å²) in [6, 6.07) is 11.5. The molecule has 1 aliphatic rings. The number of aryl methyl sites for hydroxylation is 2. The predicted molar refractivity (Wildman–Crippen MR) is 79.7 cm³/mol. The van der Waals surface area contributed by atoms with Crippen LogP contribution in [0.5, 0.6) is 11.5 Å². The van der Waals surface area contributed by atoms with E-state index in [0.717, 1.165) is 28.2 Å². The van der Waals surface area contributed by atoms with E-state index in [9.17, 15) is 4.79 Å². The van der Waals surface area contributed by atoms with Crippen molar-refractivity contribution < 1.29 is 14.3 Å². The first kappa shape index (κ1) is 13.5. The molecule has 1 aliphatic heterocycles. The molecule has 3 rings (SSSR count). The Morgan fingerprint density at radius 1 is 1.05 bits per heavy atom. The van der Waals surface area contributed by atoms with Gasteiger partial charge in [0, 0.05) is 12.1 Å². The van der Waals surface area contributed by atoms with E-state index in [1.165, 1.54) is 0 Å². The first-order valence-electron chi connectivity index (χ1n) is 6.87. The Hall–Kier alpha value is -2.49. The molecule has 2 aromatic carbocycles. The highest BCUT2D eigenvalue weighted by atomic mass is 16.7. The zero-order chi connectivity index (χ0) is 14.8. The summed E-state index contributed by atoms with van der Waals surface area (Å²) >= 11 is 0. The molecule has 2 aromatic rings. The summed E-state index contributed by atoms with van der Waals surface area (Å²) in [5.74, 6) is 1.41. The summed E-state index contributed by atoms with van der Waals surface area (Å²) < 4.78 is 10.6. The summed E-state index contributed by atoms with van der Waals surface area (Å²) in [6.45, 7) is 4.69. The lowest BCUT2D eigenvalue weighted by Crippen LogP contribution is -2.22. The van der Waals surface area contributed by atoms with Crippen molar-refractivity contribution in [2.75, 3.05) is 6.79 Å².